The van der Waals surface area contributed by atoms with Crippen LogP contribution in [0.4, 0.5) is 9.80 Å². The average molecular weight is 478 g/mol. The highest BCUT2D eigenvalue weighted by atomic mass is 32.1. The number of anilines is 1. The van der Waals surface area contributed by atoms with Gasteiger partial charge in [-0.05, 0) is 20.8 Å². The largest absolute Gasteiger partial charge is 0.477 e. The Balaban J connectivity index is 0.000000327. The van der Waals surface area contributed by atoms with Gasteiger partial charge in [-0.1, -0.05) is 22.7 Å². The highest BCUT2D eigenvalue weighted by Crippen LogP contribution is 2.25. The minimum Gasteiger partial charge on any atom is -0.477 e. The van der Waals surface area contributed by atoms with Crippen molar-refractivity contribution in [3.05, 3.63) is 17.3 Å². The molecule has 0 saturated heterocycles. The number of amides is 1. The van der Waals surface area contributed by atoms with Crippen molar-refractivity contribution in [2.75, 3.05) is 46.0 Å². The monoisotopic (exact) mass is 477 g/mol. The highest BCUT2D eigenvalue weighted by molar-refractivity contribution is 7.17. The van der Waals surface area contributed by atoms with Crippen molar-refractivity contribution < 1.29 is 38.4 Å². The minimum absolute atomic E-state index is 0.174. The number of carbonyl (C=O) groups is 2. The lowest BCUT2D eigenvalue weighted by Crippen LogP contribution is -2.26. The van der Waals surface area contributed by atoms with E-state index in [4.69, 9.17) is 28.8 Å². The van der Waals surface area contributed by atoms with Gasteiger partial charge in [0.2, 0.25) is 0 Å². The number of hydrogen-bond donors (Lipinski definition) is 2. The third-order valence-corrected chi connectivity index (χ3v) is 4.55. The molecule has 13 heteroatoms. The third-order valence-electron chi connectivity index (χ3n) is 2.83. The molecular formula is C18H27N3O8S2. The molecule has 0 unspecified atom stereocenters. The van der Waals surface area contributed by atoms with Gasteiger partial charge in [0, 0.05) is 14.2 Å². The van der Waals surface area contributed by atoms with Gasteiger partial charge in [0.15, 0.2) is 0 Å². The lowest BCUT2D eigenvalue weighted by Gasteiger charge is -2.19. The van der Waals surface area contributed by atoms with E-state index in [1.54, 1.807) is 35.0 Å². The molecule has 2 aromatic rings. The Hall–Kier alpha value is -2.48. The standard InChI is InChI=1S/C11H18N2O4S.C7H9NO4S/c1-11(2,3)17-9(14)13-8-7-12-10(18-8)16-6-5-15-4;1-11-2-3-12-7-8-4-5(13-7)6(9)10/h7H,5-6H2,1-4H3,(H,13,14);4H,2-3H2,1H3,(H,9,10). The first-order valence-corrected chi connectivity index (χ1v) is 10.7. The zero-order valence-electron chi connectivity index (χ0n) is 18.0. The van der Waals surface area contributed by atoms with Gasteiger partial charge in [-0.3, -0.25) is 5.32 Å². The lowest BCUT2D eigenvalue weighted by atomic mass is 10.2. The Labute approximate surface area is 188 Å². The Bertz CT molecular complexity index is 804. The fourth-order valence-electron chi connectivity index (χ4n) is 1.64. The molecule has 2 heterocycles. The Morgan fingerprint density at radius 3 is 2.00 bits per heavy atom. The summed E-state index contributed by atoms with van der Waals surface area (Å²) in [6.07, 6.45) is 2.29. The van der Waals surface area contributed by atoms with Crippen LogP contribution in [0.15, 0.2) is 12.4 Å². The molecule has 2 N–H and O–H groups in total. The average Bonchev–Trinajstić information content (AvgIpc) is 3.31. The molecule has 11 nitrogen and oxygen atoms in total. The minimum atomic E-state index is -0.987. The number of hydrogen-bond acceptors (Lipinski definition) is 11. The van der Waals surface area contributed by atoms with E-state index in [0.29, 0.717) is 41.8 Å². The summed E-state index contributed by atoms with van der Waals surface area (Å²) < 4.78 is 25.1. The van der Waals surface area contributed by atoms with Crippen molar-refractivity contribution in [3.8, 4) is 10.4 Å². The number of aromatic nitrogens is 2. The van der Waals surface area contributed by atoms with E-state index in [2.05, 4.69) is 15.3 Å². The van der Waals surface area contributed by atoms with Gasteiger partial charge in [0.25, 0.3) is 10.4 Å². The van der Waals surface area contributed by atoms with Crippen molar-refractivity contribution in [2.45, 2.75) is 26.4 Å². The van der Waals surface area contributed by atoms with Crippen LogP contribution in [0, 0.1) is 0 Å². The quantitative estimate of drug-likeness (QED) is 0.490. The second-order valence-electron chi connectivity index (χ2n) is 6.60. The smallest absolute Gasteiger partial charge is 0.412 e. The van der Waals surface area contributed by atoms with Crippen LogP contribution in [0.3, 0.4) is 0 Å². The number of rotatable bonds is 10. The molecule has 0 bridgehead atoms. The van der Waals surface area contributed by atoms with Gasteiger partial charge in [-0.25, -0.2) is 19.6 Å². The normalized spacial score (nSPS) is 10.6. The van der Waals surface area contributed by atoms with E-state index in [9.17, 15) is 9.59 Å². The summed E-state index contributed by atoms with van der Waals surface area (Å²) in [5, 5.41) is 12.6. The molecule has 0 radical (unpaired) electrons. The van der Waals surface area contributed by atoms with Gasteiger partial charge in [0.05, 0.1) is 25.6 Å². The van der Waals surface area contributed by atoms with Crippen LogP contribution in [0.2, 0.25) is 0 Å². The molecule has 2 rings (SSSR count). The van der Waals surface area contributed by atoms with Crippen LogP contribution >= 0.6 is 22.7 Å². The Morgan fingerprint density at radius 1 is 0.968 bits per heavy atom. The van der Waals surface area contributed by atoms with E-state index in [1.165, 1.54) is 23.7 Å². The number of carboxylic acid groups (broad SMARTS) is 1. The predicted molar refractivity (Wildman–Crippen MR) is 116 cm³/mol. The molecule has 31 heavy (non-hydrogen) atoms. The maximum atomic E-state index is 11.5. The van der Waals surface area contributed by atoms with Crippen molar-refractivity contribution in [1.29, 1.82) is 0 Å². The van der Waals surface area contributed by atoms with Gasteiger partial charge in [-0.2, -0.15) is 0 Å². The third kappa shape index (κ3) is 12.1. The zero-order valence-corrected chi connectivity index (χ0v) is 19.6. The van der Waals surface area contributed by atoms with E-state index in [0.717, 1.165) is 11.3 Å². The lowest BCUT2D eigenvalue weighted by molar-refractivity contribution is 0.0634. The summed E-state index contributed by atoms with van der Waals surface area (Å²) >= 11 is 2.24. The first-order valence-electron chi connectivity index (χ1n) is 9.03. The number of nitrogens with one attached hydrogen (secondary N) is 1. The van der Waals surface area contributed by atoms with Crippen molar-refractivity contribution in [3.63, 3.8) is 0 Å². The first kappa shape index (κ1) is 26.6. The fourth-order valence-corrected chi connectivity index (χ4v) is 2.94. The number of carboxylic acids is 1. The number of ether oxygens (including phenoxy) is 5. The molecule has 0 fully saturated rings. The van der Waals surface area contributed by atoms with Crippen molar-refractivity contribution >= 4 is 39.7 Å². The molecule has 174 valence electrons. The summed E-state index contributed by atoms with van der Waals surface area (Å²) in [6, 6.07) is 0. The fraction of sp³-hybridized carbons (Fsp3) is 0.556. The molecule has 2 aromatic heterocycles. The number of aromatic carboxylic acids is 1. The molecule has 0 aliphatic carbocycles. The van der Waals surface area contributed by atoms with E-state index >= 15 is 0 Å². The van der Waals surface area contributed by atoms with Crippen LogP contribution in [-0.4, -0.2) is 73.4 Å². The maximum absolute atomic E-state index is 11.5. The summed E-state index contributed by atoms with van der Waals surface area (Å²) in [7, 11) is 3.16. The second kappa shape index (κ2) is 13.7. The number of thiazole rings is 2. The highest BCUT2D eigenvalue weighted by Gasteiger charge is 2.17. The maximum Gasteiger partial charge on any atom is 0.412 e. The zero-order chi connectivity index (χ0) is 23.3. The topological polar surface area (TPSA) is 138 Å². The second-order valence-corrected chi connectivity index (χ2v) is 8.58. The van der Waals surface area contributed by atoms with Gasteiger partial charge < -0.3 is 28.8 Å². The van der Waals surface area contributed by atoms with Crippen LogP contribution in [0.1, 0.15) is 30.4 Å². The molecule has 0 aliphatic heterocycles. The molecular weight excluding hydrogens is 450 g/mol. The Kier molecular flexibility index (Phi) is 11.8. The van der Waals surface area contributed by atoms with Gasteiger partial charge in [-0.15, -0.1) is 0 Å². The summed E-state index contributed by atoms with van der Waals surface area (Å²) in [4.78, 5) is 29.9. The Morgan fingerprint density at radius 2 is 1.52 bits per heavy atom. The summed E-state index contributed by atoms with van der Waals surface area (Å²) in [5.41, 5.74) is -0.521. The molecule has 1 amide bonds. The molecule has 0 atom stereocenters. The van der Waals surface area contributed by atoms with Crippen LogP contribution in [0.5, 0.6) is 10.4 Å². The van der Waals surface area contributed by atoms with Gasteiger partial charge >= 0.3 is 12.1 Å². The van der Waals surface area contributed by atoms with Gasteiger partial charge in [0.1, 0.15) is 28.7 Å². The molecule has 0 aromatic carbocycles. The molecule has 0 saturated carbocycles. The SMILES string of the molecule is COCCOc1ncc(C(=O)O)s1.COCCOc1ncc(NC(=O)OC(C)(C)C)s1. The predicted octanol–water partition coefficient (Wildman–Crippen LogP) is 3.38. The first-order chi connectivity index (χ1) is 14.6. The molecule has 0 aliphatic rings. The molecule has 0 spiro atoms. The number of methoxy groups -OCH3 is 2. The summed E-state index contributed by atoms with van der Waals surface area (Å²) in [6.45, 7) is 7.17. The summed E-state index contributed by atoms with van der Waals surface area (Å²) in [5.74, 6) is -0.987. The van der Waals surface area contributed by atoms with Crippen molar-refractivity contribution in [2.24, 2.45) is 0 Å². The number of carbonyl (C=O) groups excluding carboxylic acids is 1. The van der Waals surface area contributed by atoms with E-state index < -0.39 is 17.7 Å². The van der Waals surface area contributed by atoms with E-state index in [-0.39, 0.29) is 4.88 Å². The number of nitrogens with zero attached hydrogens (tertiary/aromatic N) is 2. The van der Waals surface area contributed by atoms with Crippen LogP contribution < -0.4 is 14.8 Å². The van der Waals surface area contributed by atoms with E-state index in [1.807, 2.05) is 0 Å². The van der Waals surface area contributed by atoms with Crippen molar-refractivity contribution in [1.82, 2.24) is 9.97 Å². The van der Waals surface area contributed by atoms with Crippen LogP contribution in [-0.2, 0) is 14.2 Å². The van der Waals surface area contributed by atoms with Crippen LogP contribution in [0.25, 0.3) is 0 Å².